The zero-order chi connectivity index (χ0) is 35.5. The number of benzene rings is 3. The van der Waals surface area contributed by atoms with Crippen molar-refractivity contribution in [1.82, 2.24) is 14.7 Å². The molecule has 9 heteroatoms. The van der Waals surface area contributed by atoms with Crippen molar-refractivity contribution in [3.8, 4) is 5.75 Å². The minimum absolute atomic E-state index is 0.0349. The van der Waals surface area contributed by atoms with Crippen LogP contribution in [0.5, 0.6) is 5.75 Å². The van der Waals surface area contributed by atoms with Gasteiger partial charge in [0.25, 0.3) is 0 Å². The van der Waals surface area contributed by atoms with Crippen LogP contribution in [-0.2, 0) is 24.0 Å². The molecule has 0 unspecified atom stereocenters. The van der Waals surface area contributed by atoms with E-state index in [2.05, 4.69) is 13.2 Å². The maximum atomic E-state index is 14.5. The van der Waals surface area contributed by atoms with Crippen molar-refractivity contribution < 1.29 is 27.5 Å². The van der Waals surface area contributed by atoms with Crippen LogP contribution in [0.15, 0.2) is 92.0 Å². The SMILES string of the molecule is C=CCC1(CC=C)C[C@H]2[C@H](c3ccc(OCc4ccccc4)cc3C)N(C(=O)N(C)[C@H](C)c3cc(CC)cc(C(F)(F)F)c3)CCN2C1=O. The van der Waals surface area contributed by atoms with Crippen LogP contribution in [0.3, 0.4) is 0 Å². The van der Waals surface area contributed by atoms with Gasteiger partial charge in [0.2, 0.25) is 5.91 Å². The largest absolute Gasteiger partial charge is 0.489 e. The molecule has 3 amide bonds. The number of aryl methyl sites for hydroxylation is 2. The Morgan fingerprint density at radius 3 is 2.35 bits per heavy atom. The van der Waals surface area contributed by atoms with Gasteiger partial charge in [-0.3, -0.25) is 4.79 Å². The average molecular weight is 674 g/mol. The van der Waals surface area contributed by atoms with Gasteiger partial charge in [-0.2, -0.15) is 13.2 Å². The Labute approximate surface area is 287 Å². The molecular formula is C40H46F3N3O3. The summed E-state index contributed by atoms with van der Waals surface area (Å²) in [6.45, 7) is 14.4. The lowest BCUT2D eigenvalue weighted by molar-refractivity contribution is -0.139. The highest BCUT2D eigenvalue weighted by molar-refractivity contribution is 5.87. The Hall–Kier alpha value is -4.53. The van der Waals surface area contributed by atoms with Gasteiger partial charge in [-0.1, -0.05) is 61.5 Å². The van der Waals surface area contributed by atoms with Crippen molar-refractivity contribution >= 4 is 11.9 Å². The molecule has 2 fully saturated rings. The summed E-state index contributed by atoms with van der Waals surface area (Å²) in [7, 11) is 1.63. The van der Waals surface area contributed by atoms with Gasteiger partial charge >= 0.3 is 12.2 Å². The van der Waals surface area contributed by atoms with Crippen LogP contribution >= 0.6 is 0 Å². The molecule has 0 radical (unpaired) electrons. The van der Waals surface area contributed by atoms with Crippen molar-refractivity contribution in [1.29, 1.82) is 0 Å². The molecule has 2 heterocycles. The molecular weight excluding hydrogens is 627 g/mol. The Balaban J connectivity index is 1.51. The molecule has 0 bridgehead atoms. The molecule has 3 aromatic carbocycles. The highest BCUT2D eigenvalue weighted by Crippen LogP contribution is 2.50. The smallest absolute Gasteiger partial charge is 0.416 e. The van der Waals surface area contributed by atoms with E-state index in [1.807, 2.05) is 67.3 Å². The summed E-state index contributed by atoms with van der Waals surface area (Å²) in [6.07, 6.45) is 0.968. The summed E-state index contributed by atoms with van der Waals surface area (Å²) in [5, 5.41) is 0. The summed E-state index contributed by atoms with van der Waals surface area (Å²) in [5.74, 6) is 0.723. The number of carbonyl (C=O) groups excluding carboxylic acids is 2. The van der Waals surface area contributed by atoms with E-state index in [0.29, 0.717) is 55.7 Å². The second-order valence-electron chi connectivity index (χ2n) is 13.4. The topological polar surface area (TPSA) is 53.1 Å². The molecule has 0 N–H and O–H groups in total. The molecule has 0 aromatic heterocycles. The number of piperazine rings is 1. The minimum atomic E-state index is -4.50. The third kappa shape index (κ3) is 7.26. The third-order valence-corrected chi connectivity index (χ3v) is 10.2. The van der Waals surface area contributed by atoms with E-state index in [-0.39, 0.29) is 24.5 Å². The lowest BCUT2D eigenvalue weighted by Crippen LogP contribution is -2.57. The van der Waals surface area contributed by atoms with Crippen molar-refractivity contribution in [3.05, 3.63) is 125 Å². The fraction of sp³-hybridized carbons (Fsp3) is 0.400. The maximum Gasteiger partial charge on any atom is 0.416 e. The lowest BCUT2D eigenvalue weighted by atomic mass is 9.76. The fourth-order valence-corrected chi connectivity index (χ4v) is 7.46. The zero-order valence-electron chi connectivity index (χ0n) is 28.8. The van der Waals surface area contributed by atoms with Gasteiger partial charge < -0.3 is 19.4 Å². The van der Waals surface area contributed by atoms with E-state index >= 15 is 0 Å². The Bertz CT molecular complexity index is 1680. The number of alkyl halides is 3. The van der Waals surface area contributed by atoms with Gasteiger partial charge in [0.1, 0.15) is 12.4 Å². The van der Waals surface area contributed by atoms with Crippen LogP contribution in [0.25, 0.3) is 0 Å². The molecule has 0 aliphatic carbocycles. The van der Waals surface area contributed by atoms with Gasteiger partial charge in [-0.25, -0.2) is 4.79 Å². The van der Waals surface area contributed by atoms with Crippen LogP contribution in [0, 0.1) is 12.3 Å². The maximum absolute atomic E-state index is 14.5. The molecule has 5 rings (SSSR count). The Kier molecular flexibility index (Phi) is 10.6. The lowest BCUT2D eigenvalue weighted by Gasteiger charge is -2.47. The molecule has 3 atom stereocenters. The van der Waals surface area contributed by atoms with E-state index in [1.54, 1.807) is 37.1 Å². The quantitative estimate of drug-likeness (QED) is 0.191. The van der Waals surface area contributed by atoms with Gasteiger partial charge in [0.05, 0.1) is 29.1 Å². The first-order valence-corrected chi connectivity index (χ1v) is 16.9. The Morgan fingerprint density at radius 2 is 1.73 bits per heavy atom. The number of allylic oxidation sites excluding steroid dienone is 2. The number of rotatable bonds is 11. The molecule has 2 aliphatic heterocycles. The number of fused-ring (bicyclic) bond motifs is 1. The summed E-state index contributed by atoms with van der Waals surface area (Å²) in [5.41, 5.74) is 2.39. The van der Waals surface area contributed by atoms with Crippen molar-refractivity contribution in [2.45, 2.75) is 77.4 Å². The second kappa shape index (κ2) is 14.5. The Morgan fingerprint density at radius 1 is 1.04 bits per heavy atom. The number of urea groups is 1. The minimum Gasteiger partial charge on any atom is -0.489 e. The fourth-order valence-electron chi connectivity index (χ4n) is 7.46. The number of hydrogen-bond acceptors (Lipinski definition) is 3. The van der Waals surface area contributed by atoms with Crippen LogP contribution in [0.2, 0.25) is 0 Å². The van der Waals surface area contributed by atoms with Gasteiger partial charge in [0, 0.05) is 20.1 Å². The van der Waals surface area contributed by atoms with Gasteiger partial charge in [-0.15, -0.1) is 13.2 Å². The molecule has 2 aliphatic rings. The number of carbonyl (C=O) groups is 2. The molecule has 0 spiro atoms. The third-order valence-electron chi connectivity index (χ3n) is 10.2. The normalized spacial score (nSPS) is 19.3. The van der Waals surface area contributed by atoms with E-state index in [1.165, 1.54) is 11.0 Å². The van der Waals surface area contributed by atoms with E-state index in [9.17, 15) is 22.8 Å². The van der Waals surface area contributed by atoms with E-state index < -0.39 is 29.2 Å². The number of nitrogens with zero attached hydrogens (tertiary/aromatic N) is 3. The zero-order valence-corrected chi connectivity index (χ0v) is 28.8. The number of hydrogen-bond donors (Lipinski definition) is 0. The van der Waals surface area contributed by atoms with Crippen LogP contribution in [-0.4, -0.2) is 52.8 Å². The summed E-state index contributed by atoms with van der Waals surface area (Å²) < 4.78 is 47.6. The van der Waals surface area contributed by atoms with E-state index in [0.717, 1.165) is 22.8 Å². The highest BCUT2D eigenvalue weighted by atomic mass is 19.4. The van der Waals surface area contributed by atoms with E-state index in [4.69, 9.17) is 4.74 Å². The molecule has 3 aromatic rings. The molecule has 6 nitrogen and oxygen atoms in total. The first kappa shape index (κ1) is 35.8. The van der Waals surface area contributed by atoms with Crippen LogP contribution in [0.4, 0.5) is 18.0 Å². The predicted molar refractivity (Wildman–Crippen MR) is 186 cm³/mol. The highest BCUT2D eigenvalue weighted by Gasteiger charge is 2.56. The average Bonchev–Trinajstić information content (AvgIpc) is 3.36. The first-order valence-electron chi connectivity index (χ1n) is 16.9. The van der Waals surface area contributed by atoms with Crippen molar-refractivity contribution in [2.24, 2.45) is 5.41 Å². The van der Waals surface area contributed by atoms with Crippen LogP contribution < -0.4 is 4.74 Å². The van der Waals surface area contributed by atoms with Crippen molar-refractivity contribution in [2.75, 3.05) is 20.1 Å². The van der Waals surface area contributed by atoms with Crippen molar-refractivity contribution in [3.63, 3.8) is 0 Å². The molecule has 2 saturated heterocycles. The summed E-state index contributed by atoms with van der Waals surface area (Å²) >= 11 is 0. The summed E-state index contributed by atoms with van der Waals surface area (Å²) in [4.78, 5) is 33.8. The number of ether oxygens (including phenoxy) is 1. The monoisotopic (exact) mass is 673 g/mol. The summed E-state index contributed by atoms with van der Waals surface area (Å²) in [6, 6.07) is 18.0. The first-order chi connectivity index (χ1) is 23.3. The standard InChI is InChI=1S/C40H46F3N3O3/c1-7-17-39(18-8-2)25-35-36(34-16-15-33(21-27(34)4)49-26-30-13-11-10-12-14-30)46(20-19-45(35)37(39)47)38(48)44(6)28(5)31-22-29(9-3)23-32(24-31)40(41,42)43/h7-8,10-16,21-24,28,35-36H,1-2,9,17-20,25-26H2,3-6H3/t28-,35+,36+/m1/s1. The molecule has 0 saturated carbocycles. The number of halogens is 3. The molecule has 260 valence electrons. The molecule has 49 heavy (non-hydrogen) atoms. The number of amides is 3. The van der Waals surface area contributed by atoms with Gasteiger partial charge in [-0.05, 0) is 91.6 Å². The predicted octanol–water partition coefficient (Wildman–Crippen LogP) is 9.06. The van der Waals surface area contributed by atoms with Crippen LogP contribution in [0.1, 0.15) is 78.6 Å². The van der Waals surface area contributed by atoms with Gasteiger partial charge in [0.15, 0.2) is 0 Å². The second-order valence-corrected chi connectivity index (χ2v) is 13.4.